The third-order valence-electron chi connectivity index (χ3n) is 11.2. The Bertz CT molecular complexity index is 2900. The minimum Gasteiger partial charge on any atom is -0.309 e. The molecule has 9 aromatic rings. The van der Waals surface area contributed by atoms with Crippen LogP contribution in [0.3, 0.4) is 0 Å². The lowest BCUT2D eigenvalue weighted by Gasteiger charge is -2.22. The van der Waals surface area contributed by atoms with Gasteiger partial charge in [0.05, 0.1) is 34.1 Å². The molecular weight excluding hydrogens is 655 g/mol. The van der Waals surface area contributed by atoms with E-state index in [1.165, 1.54) is 33.0 Å². The Hall–Kier alpha value is -7.02. The molecule has 3 heteroatoms. The summed E-state index contributed by atoms with van der Waals surface area (Å²) in [6.45, 7) is 4.72. The molecule has 10 rings (SSSR count). The summed E-state index contributed by atoms with van der Waals surface area (Å²) in [4.78, 5) is 5.18. The number of fused-ring (bicyclic) bond motifs is 7. The summed E-state index contributed by atoms with van der Waals surface area (Å²) in [6.07, 6.45) is 0. The summed E-state index contributed by atoms with van der Waals surface area (Å²) in [6, 6.07) is 64.5. The van der Waals surface area contributed by atoms with Crippen molar-refractivity contribution in [3.05, 3.63) is 193 Å². The van der Waals surface area contributed by atoms with Crippen LogP contribution in [0.1, 0.15) is 30.5 Å². The van der Waals surface area contributed by atoms with Gasteiger partial charge in [0.15, 0.2) is 0 Å². The third kappa shape index (κ3) is 4.92. The molecule has 0 N–H and O–H groups in total. The van der Waals surface area contributed by atoms with Crippen molar-refractivity contribution in [1.82, 2.24) is 9.55 Å². The van der Waals surface area contributed by atoms with Crippen LogP contribution in [0.5, 0.6) is 0 Å². The summed E-state index contributed by atoms with van der Waals surface area (Å²) < 4.78 is 2.42. The summed E-state index contributed by atoms with van der Waals surface area (Å²) >= 11 is 0. The van der Waals surface area contributed by atoms with E-state index in [1.807, 2.05) is 30.3 Å². The van der Waals surface area contributed by atoms with Crippen molar-refractivity contribution in [3.8, 4) is 67.7 Å². The van der Waals surface area contributed by atoms with Crippen LogP contribution in [-0.2, 0) is 5.41 Å². The van der Waals surface area contributed by atoms with Gasteiger partial charge in [-0.2, -0.15) is 5.26 Å². The number of pyridine rings is 1. The van der Waals surface area contributed by atoms with Gasteiger partial charge in [-0.05, 0) is 93.0 Å². The lowest BCUT2D eigenvalue weighted by atomic mass is 9.80. The summed E-state index contributed by atoms with van der Waals surface area (Å²) in [5.74, 6) is 0. The first kappa shape index (κ1) is 31.7. The summed E-state index contributed by atoms with van der Waals surface area (Å²) in [5.41, 5.74) is 17.1. The number of benzene rings is 7. The lowest BCUT2D eigenvalue weighted by molar-refractivity contribution is 0.666. The molecular formula is C51H35N3. The number of aromatic nitrogens is 2. The zero-order valence-electron chi connectivity index (χ0n) is 30.1. The predicted molar refractivity (Wildman–Crippen MR) is 223 cm³/mol. The zero-order valence-corrected chi connectivity index (χ0v) is 30.1. The topological polar surface area (TPSA) is 41.6 Å². The van der Waals surface area contributed by atoms with Gasteiger partial charge in [0.1, 0.15) is 0 Å². The van der Waals surface area contributed by atoms with E-state index in [1.54, 1.807) is 0 Å². The molecule has 0 saturated carbocycles. The van der Waals surface area contributed by atoms with Crippen LogP contribution in [0.25, 0.3) is 83.4 Å². The van der Waals surface area contributed by atoms with E-state index < -0.39 is 0 Å². The van der Waals surface area contributed by atoms with Crippen molar-refractivity contribution in [2.75, 3.05) is 0 Å². The Balaban J connectivity index is 1.28. The van der Waals surface area contributed by atoms with E-state index in [-0.39, 0.29) is 5.41 Å². The largest absolute Gasteiger partial charge is 0.309 e. The van der Waals surface area contributed by atoms with Crippen LogP contribution < -0.4 is 0 Å². The molecule has 1 aliphatic carbocycles. The molecule has 1 aliphatic rings. The third-order valence-corrected chi connectivity index (χ3v) is 11.2. The molecule has 0 fully saturated rings. The van der Waals surface area contributed by atoms with Crippen molar-refractivity contribution in [3.63, 3.8) is 0 Å². The molecule has 7 aromatic carbocycles. The number of nitriles is 1. The fourth-order valence-corrected chi connectivity index (χ4v) is 8.72. The molecule has 0 bridgehead atoms. The molecule has 0 aliphatic heterocycles. The quantitative estimate of drug-likeness (QED) is 0.180. The van der Waals surface area contributed by atoms with Crippen molar-refractivity contribution in [2.45, 2.75) is 19.3 Å². The monoisotopic (exact) mass is 689 g/mol. The van der Waals surface area contributed by atoms with Gasteiger partial charge < -0.3 is 4.57 Å². The highest BCUT2D eigenvalue weighted by molar-refractivity contribution is 6.14. The second kappa shape index (κ2) is 12.3. The van der Waals surface area contributed by atoms with E-state index in [0.29, 0.717) is 5.56 Å². The lowest BCUT2D eigenvalue weighted by Crippen LogP contribution is -2.15. The Kier molecular flexibility index (Phi) is 7.22. The van der Waals surface area contributed by atoms with Crippen LogP contribution >= 0.6 is 0 Å². The van der Waals surface area contributed by atoms with Crippen molar-refractivity contribution in [1.29, 1.82) is 5.26 Å². The van der Waals surface area contributed by atoms with Crippen LogP contribution in [0.2, 0.25) is 0 Å². The maximum atomic E-state index is 10.3. The second-order valence-electron chi connectivity index (χ2n) is 14.7. The van der Waals surface area contributed by atoms with Crippen LogP contribution in [0.4, 0.5) is 0 Å². The predicted octanol–water partition coefficient (Wildman–Crippen LogP) is 13.0. The van der Waals surface area contributed by atoms with E-state index in [0.717, 1.165) is 61.5 Å². The van der Waals surface area contributed by atoms with E-state index in [4.69, 9.17) is 4.98 Å². The fraction of sp³-hybridized carbons (Fsp3) is 0.0588. The second-order valence-corrected chi connectivity index (χ2v) is 14.7. The standard InChI is InChI=1S/C51H35N3/c1-51(2)44-23-13-11-21-41(44)42-25-26-48-49(50(42)51)43-22-12-14-24-47(43)54(48)39-28-36(27-38(29-39)40-20-10-9-19-35(40)32-52)37-30-45(33-15-5-3-6-16-33)53-46(31-37)34-17-7-4-8-18-34/h3-31H,1-2H3. The van der Waals surface area contributed by atoms with Gasteiger partial charge in [-0.25, -0.2) is 4.98 Å². The SMILES string of the molecule is CC1(C)c2ccccc2-c2ccc3c(c21)c1ccccc1n3-c1cc(-c2cc(-c3ccccc3)nc(-c3ccccc3)c2)cc(-c2ccccc2C#N)c1. The molecule has 2 aromatic heterocycles. The van der Waals surface area contributed by atoms with Crippen molar-refractivity contribution in [2.24, 2.45) is 0 Å². The molecule has 0 radical (unpaired) electrons. The highest BCUT2D eigenvalue weighted by Gasteiger charge is 2.38. The van der Waals surface area contributed by atoms with Gasteiger partial charge in [0.2, 0.25) is 0 Å². The number of para-hydroxylation sites is 1. The Morgan fingerprint density at radius 2 is 1.09 bits per heavy atom. The zero-order chi connectivity index (χ0) is 36.4. The Labute approximate surface area is 315 Å². The molecule has 0 spiro atoms. The van der Waals surface area contributed by atoms with Gasteiger partial charge in [0.25, 0.3) is 0 Å². The molecule has 54 heavy (non-hydrogen) atoms. The minimum atomic E-state index is -0.169. The highest BCUT2D eigenvalue weighted by Crippen LogP contribution is 2.53. The first-order valence-electron chi connectivity index (χ1n) is 18.4. The van der Waals surface area contributed by atoms with Crippen LogP contribution in [0, 0.1) is 11.3 Å². The number of hydrogen-bond acceptors (Lipinski definition) is 2. The number of rotatable bonds is 5. The van der Waals surface area contributed by atoms with Gasteiger partial charge in [-0.1, -0.05) is 141 Å². The minimum absolute atomic E-state index is 0.169. The normalized spacial score (nSPS) is 12.8. The summed E-state index contributed by atoms with van der Waals surface area (Å²) in [5, 5.41) is 12.8. The Morgan fingerprint density at radius 1 is 0.500 bits per heavy atom. The maximum absolute atomic E-state index is 10.3. The molecule has 3 nitrogen and oxygen atoms in total. The first-order chi connectivity index (χ1) is 26.5. The fourth-order valence-electron chi connectivity index (χ4n) is 8.72. The molecule has 254 valence electrons. The number of nitrogens with zero attached hydrogens (tertiary/aromatic N) is 3. The van der Waals surface area contributed by atoms with Crippen LogP contribution in [-0.4, -0.2) is 9.55 Å². The molecule has 0 unspecified atom stereocenters. The van der Waals surface area contributed by atoms with E-state index in [9.17, 15) is 5.26 Å². The first-order valence-corrected chi connectivity index (χ1v) is 18.4. The van der Waals surface area contributed by atoms with Gasteiger partial charge in [-0.15, -0.1) is 0 Å². The number of hydrogen-bond donors (Lipinski definition) is 0. The average Bonchev–Trinajstić information content (AvgIpc) is 3.69. The van der Waals surface area contributed by atoms with Crippen LogP contribution in [0.15, 0.2) is 176 Å². The van der Waals surface area contributed by atoms with E-state index >= 15 is 0 Å². The molecule has 0 saturated heterocycles. The smallest absolute Gasteiger partial charge is 0.0998 e. The molecule has 0 amide bonds. The average molecular weight is 690 g/mol. The Morgan fingerprint density at radius 3 is 1.81 bits per heavy atom. The van der Waals surface area contributed by atoms with Gasteiger partial charge >= 0.3 is 0 Å². The highest BCUT2D eigenvalue weighted by atomic mass is 15.0. The van der Waals surface area contributed by atoms with Gasteiger partial charge in [0, 0.05) is 33.0 Å². The van der Waals surface area contributed by atoms with Crippen molar-refractivity contribution < 1.29 is 0 Å². The van der Waals surface area contributed by atoms with E-state index in [2.05, 4.69) is 170 Å². The summed E-state index contributed by atoms with van der Waals surface area (Å²) in [7, 11) is 0. The molecule has 0 atom stereocenters. The molecule has 2 heterocycles. The maximum Gasteiger partial charge on any atom is 0.0998 e. The van der Waals surface area contributed by atoms with Gasteiger partial charge in [-0.3, -0.25) is 0 Å². The van der Waals surface area contributed by atoms with Crippen molar-refractivity contribution >= 4 is 21.8 Å².